The standard InChI is InChI=1S/C13H24N4O/c1-13(17-7-3-5-15-17)12-14-4-2-6-16-8-10-18-11-9-16/h3,5,7,13-14H,2,4,6,8-12H2,1H3. The van der Waals surface area contributed by atoms with Gasteiger partial charge in [0.25, 0.3) is 0 Å². The maximum Gasteiger partial charge on any atom is 0.0615 e. The van der Waals surface area contributed by atoms with Crippen LogP contribution in [0.15, 0.2) is 18.5 Å². The molecule has 1 aromatic heterocycles. The van der Waals surface area contributed by atoms with Gasteiger partial charge < -0.3 is 10.1 Å². The number of nitrogens with zero attached hydrogens (tertiary/aromatic N) is 3. The van der Waals surface area contributed by atoms with E-state index in [2.05, 4.69) is 22.2 Å². The van der Waals surface area contributed by atoms with Gasteiger partial charge in [0.1, 0.15) is 0 Å². The largest absolute Gasteiger partial charge is 0.379 e. The van der Waals surface area contributed by atoms with E-state index in [1.54, 1.807) is 0 Å². The molecule has 2 heterocycles. The smallest absolute Gasteiger partial charge is 0.0615 e. The molecule has 102 valence electrons. The highest BCUT2D eigenvalue weighted by Gasteiger charge is 2.09. The third kappa shape index (κ3) is 4.40. The zero-order valence-electron chi connectivity index (χ0n) is 11.2. The van der Waals surface area contributed by atoms with Gasteiger partial charge in [0.05, 0.1) is 19.3 Å². The summed E-state index contributed by atoms with van der Waals surface area (Å²) in [6.45, 7) is 9.36. The number of nitrogens with one attached hydrogen (secondary N) is 1. The second-order valence-corrected chi connectivity index (χ2v) is 4.85. The predicted molar refractivity (Wildman–Crippen MR) is 71.7 cm³/mol. The Morgan fingerprint density at radius 2 is 2.22 bits per heavy atom. The minimum Gasteiger partial charge on any atom is -0.379 e. The topological polar surface area (TPSA) is 42.3 Å². The number of rotatable bonds is 7. The van der Waals surface area contributed by atoms with E-state index in [-0.39, 0.29) is 0 Å². The lowest BCUT2D eigenvalue weighted by molar-refractivity contribution is 0.0374. The Morgan fingerprint density at radius 3 is 2.94 bits per heavy atom. The van der Waals surface area contributed by atoms with Crippen LogP contribution in [0.25, 0.3) is 0 Å². The van der Waals surface area contributed by atoms with Crippen LogP contribution in [0.2, 0.25) is 0 Å². The zero-order valence-corrected chi connectivity index (χ0v) is 11.2. The lowest BCUT2D eigenvalue weighted by atomic mass is 10.3. The second-order valence-electron chi connectivity index (χ2n) is 4.85. The van der Waals surface area contributed by atoms with Crippen LogP contribution >= 0.6 is 0 Å². The van der Waals surface area contributed by atoms with Gasteiger partial charge in [-0.25, -0.2) is 0 Å². The first-order valence-electron chi connectivity index (χ1n) is 6.86. The molecule has 0 saturated carbocycles. The predicted octanol–water partition coefficient (Wildman–Crippen LogP) is 0.756. The van der Waals surface area contributed by atoms with Crippen molar-refractivity contribution in [3.05, 3.63) is 18.5 Å². The lowest BCUT2D eigenvalue weighted by Crippen LogP contribution is -2.38. The van der Waals surface area contributed by atoms with Crippen LogP contribution in [-0.4, -0.2) is 60.6 Å². The number of morpholine rings is 1. The summed E-state index contributed by atoms with van der Waals surface area (Å²) in [4.78, 5) is 2.47. The molecule has 0 aliphatic carbocycles. The molecule has 1 saturated heterocycles. The molecule has 1 fully saturated rings. The quantitative estimate of drug-likeness (QED) is 0.727. The van der Waals surface area contributed by atoms with Crippen molar-refractivity contribution in [1.29, 1.82) is 0 Å². The fourth-order valence-electron chi connectivity index (χ4n) is 2.20. The van der Waals surface area contributed by atoms with E-state index in [0.717, 1.165) is 39.4 Å². The average molecular weight is 252 g/mol. The Morgan fingerprint density at radius 1 is 1.39 bits per heavy atom. The van der Waals surface area contributed by atoms with Gasteiger partial charge in [-0.3, -0.25) is 9.58 Å². The Hall–Kier alpha value is -0.910. The Labute approximate surface area is 109 Å². The van der Waals surface area contributed by atoms with Gasteiger partial charge in [0.15, 0.2) is 0 Å². The summed E-state index contributed by atoms with van der Waals surface area (Å²) in [6.07, 6.45) is 5.04. The highest BCUT2D eigenvalue weighted by molar-refractivity contribution is 4.81. The molecule has 0 spiro atoms. The van der Waals surface area contributed by atoms with E-state index < -0.39 is 0 Å². The van der Waals surface area contributed by atoms with Crippen LogP contribution in [0.1, 0.15) is 19.4 Å². The molecule has 1 atom stereocenters. The van der Waals surface area contributed by atoms with Gasteiger partial charge >= 0.3 is 0 Å². The van der Waals surface area contributed by atoms with Crippen LogP contribution < -0.4 is 5.32 Å². The van der Waals surface area contributed by atoms with Crippen LogP contribution in [0.4, 0.5) is 0 Å². The van der Waals surface area contributed by atoms with Crippen molar-refractivity contribution in [2.45, 2.75) is 19.4 Å². The van der Waals surface area contributed by atoms with E-state index in [1.165, 1.54) is 13.0 Å². The highest BCUT2D eigenvalue weighted by Crippen LogP contribution is 2.01. The van der Waals surface area contributed by atoms with Gasteiger partial charge in [0.2, 0.25) is 0 Å². The first kappa shape index (κ1) is 13.5. The van der Waals surface area contributed by atoms with Crippen molar-refractivity contribution < 1.29 is 4.74 Å². The Kier molecular flexibility index (Phi) is 5.64. The summed E-state index contributed by atoms with van der Waals surface area (Å²) in [7, 11) is 0. The van der Waals surface area contributed by atoms with Crippen LogP contribution in [0, 0.1) is 0 Å². The van der Waals surface area contributed by atoms with E-state index in [1.807, 2.05) is 23.1 Å². The van der Waals surface area contributed by atoms with Gasteiger partial charge in [-0.2, -0.15) is 5.10 Å². The first-order chi connectivity index (χ1) is 8.86. The molecule has 5 nitrogen and oxygen atoms in total. The maximum absolute atomic E-state index is 5.33. The van der Waals surface area contributed by atoms with E-state index in [9.17, 15) is 0 Å². The van der Waals surface area contributed by atoms with Crippen LogP contribution in [0.5, 0.6) is 0 Å². The zero-order chi connectivity index (χ0) is 12.6. The SMILES string of the molecule is CC(CNCCCN1CCOCC1)n1cccn1. The summed E-state index contributed by atoms with van der Waals surface area (Å²) in [5.41, 5.74) is 0. The summed E-state index contributed by atoms with van der Waals surface area (Å²) in [6, 6.07) is 2.39. The lowest BCUT2D eigenvalue weighted by Gasteiger charge is -2.26. The number of ether oxygens (including phenoxy) is 1. The normalized spacial score (nSPS) is 18.9. The molecule has 0 radical (unpaired) electrons. The summed E-state index contributed by atoms with van der Waals surface area (Å²) in [5.74, 6) is 0. The first-order valence-corrected chi connectivity index (χ1v) is 6.86. The molecular weight excluding hydrogens is 228 g/mol. The molecule has 0 aromatic carbocycles. The van der Waals surface area contributed by atoms with Gasteiger partial charge in [-0.15, -0.1) is 0 Å². The molecule has 2 rings (SSSR count). The average Bonchev–Trinajstić information content (AvgIpc) is 2.93. The molecule has 1 aliphatic heterocycles. The number of hydrogen-bond donors (Lipinski definition) is 1. The van der Waals surface area contributed by atoms with E-state index >= 15 is 0 Å². The van der Waals surface area contributed by atoms with Crippen molar-refractivity contribution in [1.82, 2.24) is 20.0 Å². The third-order valence-corrected chi connectivity index (χ3v) is 3.35. The monoisotopic (exact) mass is 252 g/mol. The molecule has 1 aliphatic rings. The van der Waals surface area contributed by atoms with Crippen molar-refractivity contribution in [3.63, 3.8) is 0 Å². The summed E-state index contributed by atoms with van der Waals surface area (Å²) in [5, 5.41) is 7.74. The minimum atomic E-state index is 0.420. The molecular formula is C13H24N4O. The summed E-state index contributed by atoms with van der Waals surface area (Å²) < 4.78 is 7.33. The number of hydrogen-bond acceptors (Lipinski definition) is 4. The minimum absolute atomic E-state index is 0.420. The fourth-order valence-corrected chi connectivity index (χ4v) is 2.20. The second kappa shape index (κ2) is 7.51. The van der Waals surface area contributed by atoms with E-state index in [0.29, 0.717) is 6.04 Å². The molecule has 1 aromatic rings. The Balaban J connectivity index is 1.50. The fraction of sp³-hybridized carbons (Fsp3) is 0.769. The van der Waals surface area contributed by atoms with Gasteiger partial charge in [-0.1, -0.05) is 0 Å². The van der Waals surface area contributed by atoms with Gasteiger partial charge in [0, 0.05) is 32.0 Å². The van der Waals surface area contributed by atoms with Crippen molar-refractivity contribution in [2.75, 3.05) is 45.9 Å². The number of aromatic nitrogens is 2. The molecule has 5 heteroatoms. The van der Waals surface area contributed by atoms with Crippen LogP contribution in [0.3, 0.4) is 0 Å². The molecule has 1 N–H and O–H groups in total. The molecule has 1 unspecified atom stereocenters. The molecule has 18 heavy (non-hydrogen) atoms. The Bertz CT molecular complexity index is 309. The van der Waals surface area contributed by atoms with Gasteiger partial charge in [-0.05, 0) is 32.5 Å². The van der Waals surface area contributed by atoms with Crippen LogP contribution in [-0.2, 0) is 4.74 Å². The van der Waals surface area contributed by atoms with E-state index in [4.69, 9.17) is 4.74 Å². The summed E-state index contributed by atoms with van der Waals surface area (Å²) >= 11 is 0. The van der Waals surface area contributed by atoms with Crippen molar-refractivity contribution >= 4 is 0 Å². The highest BCUT2D eigenvalue weighted by atomic mass is 16.5. The molecule has 0 amide bonds. The van der Waals surface area contributed by atoms with Crippen molar-refractivity contribution in [3.8, 4) is 0 Å². The van der Waals surface area contributed by atoms with Crippen molar-refractivity contribution in [2.24, 2.45) is 0 Å². The maximum atomic E-state index is 5.33. The molecule has 0 bridgehead atoms. The third-order valence-electron chi connectivity index (χ3n) is 3.35.